The molecule has 0 unspecified atom stereocenters. The van der Waals surface area contributed by atoms with Gasteiger partial charge in [-0.25, -0.2) is 4.98 Å². The average Bonchev–Trinajstić information content (AvgIpc) is 2.40. The standard InChI is InChI=1S/C12H8BCl2N3O/c14-9-3-1-2-4-10(9)18-13(19)11-8(7-17-18)5-6-16-12(11)15/h1-7,19H. The van der Waals surface area contributed by atoms with E-state index in [1.54, 1.807) is 30.6 Å². The molecule has 1 N–H and O–H groups in total. The van der Waals surface area contributed by atoms with E-state index >= 15 is 0 Å². The minimum Gasteiger partial charge on any atom is -0.427 e. The Morgan fingerprint density at radius 1 is 1.16 bits per heavy atom. The first kappa shape index (κ1) is 12.5. The summed E-state index contributed by atoms with van der Waals surface area (Å²) >= 11 is 12.2. The molecule has 94 valence electrons. The Hall–Kier alpha value is -1.56. The number of hydrogen-bond acceptors (Lipinski definition) is 4. The van der Waals surface area contributed by atoms with Gasteiger partial charge < -0.3 is 5.02 Å². The lowest BCUT2D eigenvalue weighted by Gasteiger charge is -2.27. The van der Waals surface area contributed by atoms with E-state index in [4.69, 9.17) is 23.2 Å². The number of pyridine rings is 1. The molecule has 2 heterocycles. The molecule has 1 aromatic heterocycles. The van der Waals surface area contributed by atoms with Gasteiger partial charge in [0.05, 0.1) is 16.9 Å². The quantitative estimate of drug-likeness (QED) is 0.645. The Kier molecular flexibility index (Phi) is 3.18. The second-order valence-electron chi connectivity index (χ2n) is 4.02. The van der Waals surface area contributed by atoms with E-state index in [-0.39, 0.29) is 5.15 Å². The summed E-state index contributed by atoms with van der Waals surface area (Å²) in [6.45, 7) is 0. The maximum Gasteiger partial charge on any atom is 0.474 e. The number of fused-ring (bicyclic) bond motifs is 1. The highest BCUT2D eigenvalue weighted by Gasteiger charge is 2.33. The summed E-state index contributed by atoms with van der Waals surface area (Å²) in [7, 11) is -1.01. The van der Waals surface area contributed by atoms with Gasteiger partial charge in [-0.2, -0.15) is 5.10 Å². The average molecular weight is 292 g/mol. The summed E-state index contributed by atoms with van der Waals surface area (Å²) in [6, 6.07) is 8.90. The first-order valence-electron chi connectivity index (χ1n) is 5.58. The molecule has 0 aliphatic carbocycles. The van der Waals surface area contributed by atoms with Crippen molar-refractivity contribution < 1.29 is 5.02 Å². The maximum absolute atomic E-state index is 10.4. The van der Waals surface area contributed by atoms with E-state index in [9.17, 15) is 5.02 Å². The van der Waals surface area contributed by atoms with E-state index < -0.39 is 7.05 Å². The minimum atomic E-state index is -1.01. The van der Waals surface area contributed by atoms with Crippen molar-refractivity contribution in [3.05, 3.63) is 52.3 Å². The van der Waals surface area contributed by atoms with Crippen molar-refractivity contribution in [2.24, 2.45) is 5.10 Å². The summed E-state index contributed by atoms with van der Waals surface area (Å²) in [5.74, 6) is 0. The Morgan fingerprint density at radius 3 is 2.74 bits per heavy atom. The highest BCUT2D eigenvalue weighted by Crippen LogP contribution is 2.27. The van der Waals surface area contributed by atoms with Gasteiger partial charge in [0.2, 0.25) is 0 Å². The number of benzene rings is 1. The van der Waals surface area contributed by atoms with Crippen LogP contribution in [0.1, 0.15) is 5.56 Å². The lowest BCUT2D eigenvalue weighted by molar-refractivity contribution is 0.578. The molecule has 0 bridgehead atoms. The zero-order valence-corrected chi connectivity index (χ0v) is 11.2. The third kappa shape index (κ3) is 2.10. The first-order valence-corrected chi connectivity index (χ1v) is 6.34. The Morgan fingerprint density at radius 2 is 1.95 bits per heavy atom. The Labute approximate surface area is 120 Å². The third-order valence-corrected chi connectivity index (χ3v) is 3.51. The van der Waals surface area contributed by atoms with Gasteiger partial charge in [0.15, 0.2) is 0 Å². The predicted molar refractivity (Wildman–Crippen MR) is 78.4 cm³/mol. The maximum atomic E-state index is 10.4. The van der Waals surface area contributed by atoms with E-state index in [1.165, 1.54) is 4.92 Å². The van der Waals surface area contributed by atoms with Crippen LogP contribution < -0.4 is 10.4 Å². The van der Waals surface area contributed by atoms with Crippen molar-refractivity contribution in [2.45, 2.75) is 0 Å². The van der Waals surface area contributed by atoms with Crippen molar-refractivity contribution in [1.29, 1.82) is 0 Å². The molecule has 7 heteroatoms. The highest BCUT2D eigenvalue weighted by molar-refractivity contribution is 6.74. The molecular formula is C12H8BCl2N3O. The lowest BCUT2D eigenvalue weighted by atomic mass is 9.70. The molecule has 0 saturated heterocycles. The molecule has 0 saturated carbocycles. The molecule has 2 aromatic rings. The number of para-hydroxylation sites is 1. The van der Waals surface area contributed by atoms with Gasteiger partial charge in [0.25, 0.3) is 0 Å². The van der Waals surface area contributed by atoms with E-state index in [2.05, 4.69) is 10.1 Å². The number of hydrazone groups is 1. The molecule has 1 aliphatic rings. The zero-order chi connectivity index (χ0) is 13.4. The number of hydrogen-bond donors (Lipinski definition) is 1. The van der Waals surface area contributed by atoms with Crippen LogP contribution in [0.25, 0.3) is 0 Å². The van der Waals surface area contributed by atoms with Crippen LogP contribution in [0.4, 0.5) is 5.69 Å². The third-order valence-electron chi connectivity index (χ3n) is 2.89. The van der Waals surface area contributed by atoms with Crippen LogP contribution in [0.15, 0.2) is 41.6 Å². The van der Waals surface area contributed by atoms with E-state index in [0.29, 0.717) is 16.2 Å². The summed E-state index contributed by atoms with van der Waals surface area (Å²) in [4.78, 5) is 5.39. The van der Waals surface area contributed by atoms with Crippen LogP contribution in [-0.4, -0.2) is 23.3 Å². The zero-order valence-electron chi connectivity index (χ0n) is 9.66. The van der Waals surface area contributed by atoms with Crippen LogP contribution in [0.5, 0.6) is 0 Å². The number of anilines is 1. The van der Waals surface area contributed by atoms with E-state index in [0.717, 1.165) is 5.56 Å². The summed E-state index contributed by atoms with van der Waals surface area (Å²) in [5, 5.41) is 15.4. The molecular weight excluding hydrogens is 284 g/mol. The molecule has 4 nitrogen and oxygen atoms in total. The topological polar surface area (TPSA) is 48.7 Å². The molecule has 1 aromatic carbocycles. The molecule has 3 rings (SSSR count). The normalized spacial score (nSPS) is 13.6. The number of nitrogens with zero attached hydrogens (tertiary/aromatic N) is 3. The number of halogens is 2. The molecule has 19 heavy (non-hydrogen) atoms. The van der Waals surface area contributed by atoms with Crippen LogP contribution in [0.2, 0.25) is 10.2 Å². The van der Waals surface area contributed by atoms with Gasteiger partial charge in [-0.15, -0.1) is 0 Å². The second-order valence-corrected chi connectivity index (χ2v) is 4.78. The summed E-state index contributed by atoms with van der Waals surface area (Å²) in [5.41, 5.74) is 1.88. The lowest BCUT2D eigenvalue weighted by Crippen LogP contribution is -2.51. The van der Waals surface area contributed by atoms with Crippen LogP contribution in [0, 0.1) is 0 Å². The van der Waals surface area contributed by atoms with Gasteiger partial charge in [0, 0.05) is 11.7 Å². The Bertz CT molecular complexity index is 665. The smallest absolute Gasteiger partial charge is 0.427 e. The molecule has 1 aliphatic heterocycles. The van der Waals surface area contributed by atoms with Crippen molar-refractivity contribution in [2.75, 3.05) is 4.92 Å². The van der Waals surface area contributed by atoms with Crippen LogP contribution >= 0.6 is 23.2 Å². The summed E-state index contributed by atoms with van der Waals surface area (Å²) < 4.78 is 0. The fraction of sp³-hybridized carbons (Fsp3) is 0. The van der Waals surface area contributed by atoms with Crippen molar-refractivity contribution in [3.8, 4) is 0 Å². The van der Waals surface area contributed by atoms with Crippen molar-refractivity contribution in [3.63, 3.8) is 0 Å². The first-order chi connectivity index (χ1) is 9.18. The van der Waals surface area contributed by atoms with Gasteiger partial charge in [-0.1, -0.05) is 35.3 Å². The SMILES string of the molecule is OB1c2c(ccnc2Cl)C=NN1c1ccccc1Cl. The van der Waals surface area contributed by atoms with Crippen molar-refractivity contribution in [1.82, 2.24) is 4.98 Å². The monoisotopic (exact) mass is 291 g/mol. The predicted octanol–water partition coefficient (Wildman–Crippen LogP) is 1.93. The van der Waals surface area contributed by atoms with E-state index in [1.807, 2.05) is 12.1 Å². The number of aromatic nitrogens is 1. The molecule has 0 spiro atoms. The minimum absolute atomic E-state index is 0.258. The molecule has 0 fully saturated rings. The van der Waals surface area contributed by atoms with Crippen molar-refractivity contribution >= 4 is 47.6 Å². The van der Waals surface area contributed by atoms with Gasteiger partial charge >= 0.3 is 7.05 Å². The molecule has 0 amide bonds. The fourth-order valence-corrected chi connectivity index (χ4v) is 2.46. The second kappa shape index (κ2) is 4.85. The van der Waals surface area contributed by atoms with Crippen LogP contribution in [-0.2, 0) is 0 Å². The van der Waals surface area contributed by atoms with Gasteiger partial charge in [-0.3, -0.25) is 4.92 Å². The van der Waals surface area contributed by atoms with Gasteiger partial charge in [-0.05, 0) is 23.8 Å². The Balaban J connectivity index is 2.10. The number of rotatable bonds is 1. The molecule has 0 atom stereocenters. The fourth-order valence-electron chi connectivity index (χ4n) is 1.97. The largest absolute Gasteiger partial charge is 0.474 e. The van der Waals surface area contributed by atoms with Gasteiger partial charge in [0.1, 0.15) is 5.15 Å². The van der Waals surface area contributed by atoms with Crippen LogP contribution in [0.3, 0.4) is 0 Å². The highest BCUT2D eigenvalue weighted by atomic mass is 35.5. The molecule has 0 radical (unpaired) electrons. The summed E-state index contributed by atoms with van der Waals surface area (Å²) in [6.07, 6.45) is 3.20.